The molecule has 0 aromatic heterocycles. The summed E-state index contributed by atoms with van der Waals surface area (Å²) in [6, 6.07) is 27.0. The number of carbonyl (C=O) groups is 2. The van der Waals surface area contributed by atoms with Gasteiger partial charge in [0.15, 0.2) is 11.6 Å². The van der Waals surface area contributed by atoms with Crippen molar-refractivity contribution in [2.45, 2.75) is 129 Å². The van der Waals surface area contributed by atoms with Gasteiger partial charge in [0.25, 0.3) is 0 Å². The summed E-state index contributed by atoms with van der Waals surface area (Å²) >= 11 is 0. The van der Waals surface area contributed by atoms with Crippen molar-refractivity contribution in [2.75, 3.05) is 26.3 Å². The number of halogens is 6. The van der Waals surface area contributed by atoms with E-state index in [-0.39, 0.29) is 65.6 Å². The van der Waals surface area contributed by atoms with Gasteiger partial charge in [-0.05, 0) is 114 Å². The molecule has 4 N–H and O–H groups in total. The molecule has 0 aliphatic carbocycles. The summed E-state index contributed by atoms with van der Waals surface area (Å²) in [5, 5.41) is 27.7. The van der Waals surface area contributed by atoms with E-state index in [0.717, 1.165) is 35.4 Å². The van der Waals surface area contributed by atoms with Gasteiger partial charge < -0.3 is 30.3 Å². The van der Waals surface area contributed by atoms with E-state index in [4.69, 9.17) is 9.47 Å². The smallest absolute Gasteiger partial charge is 0.381 e. The number of hydrogen-bond acceptors (Lipinski definition) is 8. The van der Waals surface area contributed by atoms with Crippen LogP contribution in [0.15, 0.2) is 97.1 Å². The maximum Gasteiger partial charge on any atom is 0.416 e. The van der Waals surface area contributed by atoms with Gasteiger partial charge in [-0.25, -0.2) is 0 Å². The van der Waals surface area contributed by atoms with Gasteiger partial charge in [-0.2, -0.15) is 26.3 Å². The van der Waals surface area contributed by atoms with E-state index in [1.807, 2.05) is 60.7 Å². The van der Waals surface area contributed by atoms with E-state index in [0.29, 0.717) is 35.1 Å². The lowest BCUT2D eigenvalue weighted by Gasteiger charge is -2.44. The number of ether oxygens (including phenoxy) is 2. The number of benzene rings is 4. The van der Waals surface area contributed by atoms with Gasteiger partial charge in [-0.3, -0.25) is 9.59 Å². The van der Waals surface area contributed by atoms with Gasteiger partial charge >= 0.3 is 12.4 Å². The molecule has 2 saturated heterocycles. The van der Waals surface area contributed by atoms with Gasteiger partial charge in [0.2, 0.25) is 0 Å². The third-order valence-electron chi connectivity index (χ3n) is 12.3. The molecule has 2 unspecified atom stereocenters. The zero-order valence-electron chi connectivity index (χ0n) is 35.8. The van der Waals surface area contributed by atoms with Crippen LogP contribution >= 0.6 is 0 Å². The molecule has 2 fully saturated rings. The largest absolute Gasteiger partial charge is 0.416 e. The summed E-state index contributed by atoms with van der Waals surface area (Å²) in [6.07, 6.45) is -8.56. The molecular formula is C50H64F6N2O6. The molecular weight excluding hydrogens is 839 g/mol. The predicted molar refractivity (Wildman–Crippen MR) is 237 cm³/mol. The highest BCUT2D eigenvalue weighted by atomic mass is 19.4. The Kier molecular flexibility index (Phi) is 17.9. The first kappa shape index (κ1) is 53.9. The Bertz CT molecular complexity index is 1990. The van der Waals surface area contributed by atoms with E-state index < -0.39 is 58.0 Å². The maximum absolute atomic E-state index is 13.2. The fraction of sp³-hybridized carbons (Fsp3) is 0.480. The van der Waals surface area contributed by atoms with Crippen LogP contribution in [0.3, 0.4) is 0 Å². The van der Waals surface area contributed by atoms with Gasteiger partial charge in [-0.1, -0.05) is 98.8 Å². The summed E-state index contributed by atoms with van der Waals surface area (Å²) in [7, 11) is 0. The average molecular weight is 903 g/mol. The number of alkyl halides is 6. The van der Waals surface area contributed by atoms with Crippen molar-refractivity contribution in [1.29, 1.82) is 0 Å². The van der Waals surface area contributed by atoms with Gasteiger partial charge in [0.1, 0.15) is 11.2 Å². The molecule has 0 saturated carbocycles. The van der Waals surface area contributed by atoms with Crippen molar-refractivity contribution in [3.63, 3.8) is 0 Å². The number of piperidine rings is 2. The van der Waals surface area contributed by atoms with Crippen LogP contribution < -0.4 is 10.6 Å². The summed E-state index contributed by atoms with van der Waals surface area (Å²) < 4.78 is 91.4. The van der Waals surface area contributed by atoms with Gasteiger partial charge in [0, 0.05) is 13.1 Å². The fourth-order valence-electron chi connectivity index (χ4n) is 8.00. The van der Waals surface area contributed by atoms with Crippen LogP contribution in [0.4, 0.5) is 26.3 Å². The molecule has 2 aliphatic rings. The first-order chi connectivity index (χ1) is 28.9. The molecule has 0 bridgehead atoms. The molecule has 8 nitrogen and oxygen atoms in total. The number of β-amino-alcohol motifs (C(OH)–C–C–N with tert-alkyl or cyclic N) is 2. The summed E-state index contributed by atoms with van der Waals surface area (Å²) in [6.45, 7) is 9.96. The van der Waals surface area contributed by atoms with Crippen LogP contribution in [-0.2, 0) is 42.5 Å². The highest BCUT2D eigenvalue weighted by molar-refractivity contribution is 5.85. The minimum Gasteiger partial charge on any atom is -0.381 e. The maximum atomic E-state index is 13.2. The summed E-state index contributed by atoms with van der Waals surface area (Å²) in [5.41, 5.74) is -1.76. The zero-order valence-corrected chi connectivity index (χ0v) is 35.8. The number of Topliss-reactive ketones (excluding diaryl/α,β-unsaturated/α-hetero) is 2. The molecule has 0 spiro atoms. The second kappa shape index (κ2) is 21.2. The van der Waals surface area contributed by atoms with Crippen molar-refractivity contribution in [3.05, 3.63) is 142 Å². The van der Waals surface area contributed by atoms with Crippen LogP contribution in [0.1, 0.15) is 125 Å². The molecule has 6 rings (SSSR count). The lowest BCUT2D eigenvalue weighted by atomic mass is 9.76. The number of rotatable bonds is 12. The Labute approximate surface area is 373 Å². The van der Waals surface area contributed by atoms with Crippen molar-refractivity contribution >= 4 is 11.6 Å². The molecule has 4 aromatic carbocycles. The molecule has 352 valence electrons. The standard InChI is InChI=1S/2C24H28F3NO3.2CH4/c2*1-16-11-19(13-21(12-16)24(25,26)27)17(2)31-15-22(20-7-5-4-6-8-20)9-10-23(30,14-28-22)18(3)29;;/h2*4-8,11-13,17,28,30H,9-10,14-15H2,1-3H3;2*1H4/t2*17-,22-,23?;;/m11../s1. The lowest BCUT2D eigenvalue weighted by Crippen LogP contribution is -2.60. The topological polar surface area (TPSA) is 117 Å². The van der Waals surface area contributed by atoms with Crippen molar-refractivity contribution in [3.8, 4) is 0 Å². The first-order valence-corrected chi connectivity index (χ1v) is 20.6. The van der Waals surface area contributed by atoms with Crippen LogP contribution in [0.25, 0.3) is 0 Å². The molecule has 0 radical (unpaired) electrons. The second-order valence-electron chi connectivity index (χ2n) is 16.9. The Morgan fingerprint density at radius 2 is 0.922 bits per heavy atom. The third kappa shape index (κ3) is 12.9. The number of hydrogen-bond donors (Lipinski definition) is 4. The lowest BCUT2D eigenvalue weighted by molar-refractivity contribution is -0.140. The molecule has 2 heterocycles. The Balaban J connectivity index is 0.000000330. The summed E-state index contributed by atoms with van der Waals surface area (Å²) in [5.74, 6) is -0.592. The van der Waals surface area contributed by atoms with Crippen molar-refractivity contribution in [2.24, 2.45) is 0 Å². The van der Waals surface area contributed by atoms with Crippen LogP contribution in [0, 0.1) is 13.8 Å². The minimum atomic E-state index is -4.42. The van der Waals surface area contributed by atoms with Crippen LogP contribution in [-0.4, -0.2) is 59.3 Å². The minimum absolute atomic E-state index is 0. The normalized spacial score (nSPS) is 24.5. The molecule has 0 amide bonds. The van der Waals surface area contributed by atoms with Crippen LogP contribution in [0.5, 0.6) is 0 Å². The van der Waals surface area contributed by atoms with E-state index in [1.165, 1.54) is 13.8 Å². The number of aliphatic hydroxyl groups is 2. The van der Waals surface area contributed by atoms with E-state index in [2.05, 4.69) is 10.6 Å². The molecule has 2 aliphatic heterocycles. The third-order valence-corrected chi connectivity index (χ3v) is 12.3. The SMILES string of the molecule is C.C.CC(=O)C1(O)CC[C@@](CO[C@H](C)c2cc(C)cc(C(F)(F)F)c2)(c2ccccc2)NC1.CC(=O)C1(O)CC[C@@](CO[C@H](C)c2cc(C)cc(C(F)(F)F)c2)(c2ccccc2)NC1. The Hall–Kier alpha value is -4.44. The van der Waals surface area contributed by atoms with E-state index in [1.54, 1.807) is 39.8 Å². The number of carbonyl (C=O) groups excluding carboxylic acids is 2. The number of ketones is 2. The molecule has 64 heavy (non-hydrogen) atoms. The van der Waals surface area contributed by atoms with Crippen molar-refractivity contribution < 1.29 is 55.6 Å². The monoisotopic (exact) mass is 902 g/mol. The van der Waals surface area contributed by atoms with Crippen LogP contribution in [0.2, 0.25) is 0 Å². The Morgan fingerprint density at radius 3 is 1.19 bits per heavy atom. The highest BCUT2D eigenvalue weighted by Gasteiger charge is 2.47. The molecule has 6 atom stereocenters. The molecule has 14 heteroatoms. The zero-order chi connectivity index (χ0) is 45.7. The predicted octanol–water partition coefficient (Wildman–Crippen LogP) is 10.7. The van der Waals surface area contributed by atoms with E-state index >= 15 is 0 Å². The highest BCUT2D eigenvalue weighted by Crippen LogP contribution is 2.39. The quantitative estimate of drug-likeness (QED) is 0.104. The fourth-order valence-corrected chi connectivity index (χ4v) is 8.00. The van der Waals surface area contributed by atoms with Crippen molar-refractivity contribution in [1.82, 2.24) is 10.6 Å². The van der Waals surface area contributed by atoms with Gasteiger partial charge in [-0.15, -0.1) is 0 Å². The Morgan fingerprint density at radius 1 is 0.594 bits per heavy atom. The average Bonchev–Trinajstić information content (AvgIpc) is 3.23. The number of nitrogens with one attached hydrogen (secondary N) is 2. The second-order valence-corrected chi connectivity index (χ2v) is 16.9. The summed E-state index contributed by atoms with van der Waals surface area (Å²) in [4.78, 5) is 23.7. The van der Waals surface area contributed by atoms with E-state index in [9.17, 15) is 46.1 Å². The first-order valence-electron chi connectivity index (χ1n) is 20.6. The molecule has 4 aromatic rings. The van der Waals surface area contributed by atoms with Gasteiger partial charge in [0.05, 0.1) is 47.6 Å². The number of aryl methyl sites for hydroxylation is 2.